The van der Waals surface area contributed by atoms with E-state index in [4.69, 9.17) is 0 Å². The molecule has 0 saturated heterocycles. The molecule has 0 radical (unpaired) electrons. The van der Waals surface area contributed by atoms with Crippen molar-refractivity contribution in [2.24, 2.45) is 0 Å². The Kier molecular flexibility index (Phi) is 6.01. The van der Waals surface area contributed by atoms with Crippen LogP contribution in [0.2, 0.25) is 0 Å². The maximum absolute atomic E-state index is 11.8. The molecule has 0 aromatic heterocycles. The summed E-state index contributed by atoms with van der Waals surface area (Å²) in [6.45, 7) is 5.94. The van der Waals surface area contributed by atoms with Crippen molar-refractivity contribution < 1.29 is 13.2 Å². The van der Waals surface area contributed by atoms with Crippen LogP contribution < -0.4 is 10.6 Å². The highest BCUT2D eigenvalue weighted by Gasteiger charge is 2.16. The number of hydrogen-bond acceptors (Lipinski definition) is 3. The smallest absolute Gasteiger partial charge is 0.319 e. The number of hydrogen-bond donors (Lipinski definition) is 2. The Balaban J connectivity index is 2.63. The minimum absolute atomic E-state index is 0.0208. The van der Waals surface area contributed by atoms with E-state index in [2.05, 4.69) is 10.6 Å². The van der Waals surface area contributed by atoms with Crippen LogP contribution in [0, 0.1) is 0 Å². The van der Waals surface area contributed by atoms with Gasteiger partial charge in [0.1, 0.15) is 0 Å². The molecule has 20 heavy (non-hydrogen) atoms. The van der Waals surface area contributed by atoms with Crippen LogP contribution in [0.15, 0.2) is 24.3 Å². The molecule has 0 spiro atoms. The van der Waals surface area contributed by atoms with Gasteiger partial charge in [0.15, 0.2) is 9.84 Å². The van der Waals surface area contributed by atoms with Crippen molar-refractivity contribution >= 4 is 21.6 Å². The van der Waals surface area contributed by atoms with Gasteiger partial charge in [0.2, 0.25) is 0 Å². The topological polar surface area (TPSA) is 75.3 Å². The zero-order valence-electron chi connectivity index (χ0n) is 12.1. The van der Waals surface area contributed by atoms with Gasteiger partial charge < -0.3 is 10.6 Å². The van der Waals surface area contributed by atoms with Crippen LogP contribution in [0.25, 0.3) is 0 Å². The molecule has 0 aliphatic rings. The van der Waals surface area contributed by atoms with Gasteiger partial charge in [-0.25, -0.2) is 13.2 Å². The fraction of sp³-hybridized carbons (Fsp3) is 0.500. The van der Waals surface area contributed by atoms with Crippen LogP contribution in [-0.4, -0.2) is 26.2 Å². The zero-order valence-corrected chi connectivity index (χ0v) is 13.0. The molecule has 0 aliphatic carbocycles. The lowest BCUT2D eigenvalue weighted by molar-refractivity contribution is 0.252. The van der Waals surface area contributed by atoms with Crippen molar-refractivity contribution in [2.75, 3.05) is 11.9 Å². The van der Waals surface area contributed by atoms with Crippen LogP contribution in [0.3, 0.4) is 0 Å². The number of sulfone groups is 1. The minimum atomic E-state index is -3.10. The fourth-order valence-electron chi connectivity index (χ4n) is 1.50. The first-order chi connectivity index (χ1) is 9.35. The van der Waals surface area contributed by atoms with Crippen LogP contribution in [0.5, 0.6) is 0 Å². The summed E-state index contributed by atoms with van der Waals surface area (Å²) >= 11 is 0. The highest BCUT2D eigenvalue weighted by Crippen LogP contribution is 2.14. The largest absolute Gasteiger partial charge is 0.338 e. The van der Waals surface area contributed by atoms with E-state index in [1.165, 1.54) is 0 Å². The Morgan fingerprint density at radius 3 is 2.30 bits per heavy atom. The van der Waals surface area contributed by atoms with Crippen LogP contribution in [0.4, 0.5) is 10.5 Å². The molecule has 1 aromatic carbocycles. The number of carbonyl (C=O) groups excluding carboxylic acids is 1. The first-order valence-corrected chi connectivity index (χ1v) is 8.42. The van der Waals surface area contributed by atoms with Crippen LogP contribution in [-0.2, 0) is 15.6 Å². The molecule has 1 rings (SSSR count). The quantitative estimate of drug-likeness (QED) is 0.847. The summed E-state index contributed by atoms with van der Waals surface area (Å²) in [7, 11) is -3.10. The molecular formula is C14H22N2O3S. The number of rotatable bonds is 6. The summed E-state index contributed by atoms with van der Waals surface area (Å²) in [5.41, 5.74) is 1.36. The van der Waals surface area contributed by atoms with E-state index in [1.54, 1.807) is 38.1 Å². The predicted octanol–water partition coefficient (Wildman–Crippen LogP) is 2.54. The van der Waals surface area contributed by atoms with Crippen molar-refractivity contribution in [1.29, 1.82) is 0 Å². The Morgan fingerprint density at radius 2 is 1.80 bits per heavy atom. The number of amides is 2. The number of urea groups is 1. The molecule has 2 N–H and O–H groups in total. The molecule has 6 heteroatoms. The maximum Gasteiger partial charge on any atom is 0.319 e. The normalized spacial score (nSPS) is 11.4. The molecule has 5 nitrogen and oxygen atoms in total. The van der Waals surface area contributed by atoms with Gasteiger partial charge in [-0.05, 0) is 38.0 Å². The molecule has 0 aliphatic heterocycles. The molecule has 0 heterocycles. The summed E-state index contributed by atoms with van der Waals surface area (Å²) in [4.78, 5) is 11.5. The van der Waals surface area contributed by atoms with Gasteiger partial charge in [0.05, 0.1) is 11.0 Å². The molecule has 112 valence electrons. The van der Waals surface area contributed by atoms with Gasteiger partial charge in [0.25, 0.3) is 0 Å². The number of carbonyl (C=O) groups is 1. The Hall–Kier alpha value is -1.56. The van der Waals surface area contributed by atoms with E-state index >= 15 is 0 Å². The van der Waals surface area contributed by atoms with Gasteiger partial charge >= 0.3 is 6.03 Å². The third kappa shape index (κ3) is 5.21. The molecule has 0 fully saturated rings. The average molecular weight is 298 g/mol. The lowest BCUT2D eigenvalue weighted by Gasteiger charge is -2.09. The summed E-state index contributed by atoms with van der Waals surface area (Å²) in [5, 5.41) is 5.00. The summed E-state index contributed by atoms with van der Waals surface area (Å²) in [6, 6.07) is 6.59. The SMILES string of the molecule is CCCNC(=O)Nc1ccc(CS(=O)(=O)C(C)C)cc1. The first-order valence-electron chi connectivity index (χ1n) is 6.70. The van der Waals surface area contributed by atoms with E-state index in [9.17, 15) is 13.2 Å². The van der Waals surface area contributed by atoms with Gasteiger partial charge in [-0.15, -0.1) is 0 Å². The lowest BCUT2D eigenvalue weighted by Crippen LogP contribution is -2.29. The van der Waals surface area contributed by atoms with E-state index in [0.29, 0.717) is 12.2 Å². The fourth-order valence-corrected chi connectivity index (χ4v) is 2.49. The number of nitrogens with one attached hydrogen (secondary N) is 2. The second-order valence-corrected chi connectivity index (χ2v) is 7.49. The van der Waals surface area contributed by atoms with Gasteiger partial charge in [-0.3, -0.25) is 0 Å². The van der Waals surface area contributed by atoms with Crippen molar-refractivity contribution in [3.8, 4) is 0 Å². The van der Waals surface area contributed by atoms with Gasteiger partial charge in [-0.1, -0.05) is 19.1 Å². The highest BCUT2D eigenvalue weighted by molar-refractivity contribution is 7.91. The summed E-state index contributed by atoms with van der Waals surface area (Å²) < 4.78 is 23.6. The molecule has 0 atom stereocenters. The van der Waals surface area contributed by atoms with Crippen molar-refractivity contribution in [2.45, 2.75) is 38.2 Å². The molecule has 0 bridgehead atoms. The van der Waals surface area contributed by atoms with E-state index in [0.717, 1.165) is 12.0 Å². The Morgan fingerprint density at radius 1 is 1.20 bits per heavy atom. The van der Waals surface area contributed by atoms with Gasteiger partial charge in [0, 0.05) is 12.2 Å². The van der Waals surface area contributed by atoms with E-state index in [1.807, 2.05) is 6.92 Å². The molecule has 2 amide bonds. The zero-order chi connectivity index (χ0) is 15.2. The van der Waals surface area contributed by atoms with Crippen molar-refractivity contribution in [3.05, 3.63) is 29.8 Å². The van der Waals surface area contributed by atoms with Gasteiger partial charge in [-0.2, -0.15) is 0 Å². The highest BCUT2D eigenvalue weighted by atomic mass is 32.2. The minimum Gasteiger partial charge on any atom is -0.338 e. The van der Waals surface area contributed by atoms with E-state index in [-0.39, 0.29) is 17.0 Å². The van der Waals surface area contributed by atoms with E-state index < -0.39 is 9.84 Å². The summed E-state index contributed by atoms with van der Waals surface area (Å²) in [5.74, 6) is 0.0208. The molecule has 0 saturated carbocycles. The van der Waals surface area contributed by atoms with Crippen LogP contribution >= 0.6 is 0 Å². The third-order valence-electron chi connectivity index (χ3n) is 2.83. The number of anilines is 1. The molecule has 0 unspecified atom stereocenters. The van der Waals surface area contributed by atoms with Crippen LogP contribution in [0.1, 0.15) is 32.8 Å². The Labute approximate surface area is 120 Å². The third-order valence-corrected chi connectivity index (χ3v) is 5.01. The average Bonchev–Trinajstić information content (AvgIpc) is 2.38. The predicted molar refractivity (Wildman–Crippen MR) is 81.5 cm³/mol. The summed E-state index contributed by atoms with van der Waals surface area (Å²) in [6.07, 6.45) is 0.874. The second kappa shape index (κ2) is 7.28. The van der Waals surface area contributed by atoms with Crippen molar-refractivity contribution in [3.63, 3.8) is 0 Å². The first kappa shape index (κ1) is 16.5. The monoisotopic (exact) mass is 298 g/mol. The molecule has 1 aromatic rings. The second-order valence-electron chi connectivity index (χ2n) is 4.93. The molecular weight excluding hydrogens is 276 g/mol. The Bertz CT molecular complexity index is 536. The number of benzene rings is 1. The standard InChI is InChI=1S/C14H22N2O3S/c1-4-9-15-14(17)16-13-7-5-12(6-8-13)10-20(18,19)11(2)3/h5-8,11H,4,9-10H2,1-3H3,(H2,15,16,17). The maximum atomic E-state index is 11.8. The lowest BCUT2D eigenvalue weighted by atomic mass is 10.2. The van der Waals surface area contributed by atoms with Crippen molar-refractivity contribution in [1.82, 2.24) is 5.32 Å².